The molecule has 3 nitrogen and oxygen atoms in total. The van der Waals surface area contributed by atoms with E-state index in [9.17, 15) is 4.79 Å². The van der Waals surface area contributed by atoms with Gasteiger partial charge in [0.15, 0.2) is 0 Å². The third-order valence-electron chi connectivity index (χ3n) is 3.72. The van der Waals surface area contributed by atoms with Crippen LogP contribution >= 0.6 is 11.3 Å². The zero-order chi connectivity index (χ0) is 14.1. The number of amides is 1. The first kappa shape index (κ1) is 13.2. The van der Waals surface area contributed by atoms with E-state index in [1.54, 1.807) is 11.3 Å². The molecule has 3 N–H and O–H groups in total. The first-order valence-electron chi connectivity index (χ1n) is 6.87. The molecule has 0 spiro atoms. The molecule has 0 aliphatic heterocycles. The first-order valence-corrected chi connectivity index (χ1v) is 7.82. The molecule has 0 radical (unpaired) electrons. The van der Waals surface area contributed by atoms with Crippen molar-refractivity contribution in [1.82, 2.24) is 5.32 Å². The van der Waals surface area contributed by atoms with Crippen LogP contribution in [-0.4, -0.2) is 11.9 Å². The van der Waals surface area contributed by atoms with Crippen molar-refractivity contribution in [2.75, 3.05) is 5.73 Å². The topological polar surface area (TPSA) is 55.1 Å². The smallest absolute Gasteiger partial charge is 0.227 e. The number of hydrogen-bond acceptors (Lipinski definition) is 3. The number of thiophene rings is 1. The van der Waals surface area contributed by atoms with Gasteiger partial charge < -0.3 is 11.1 Å². The lowest BCUT2D eigenvalue weighted by molar-refractivity contribution is -0.122. The lowest BCUT2D eigenvalue weighted by atomic mass is 9.96. The lowest BCUT2D eigenvalue weighted by Crippen LogP contribution is -2.29. The Morgan fingerprint density at radius 1 is 1.40 bits per heavy atom. The monoisotopic (exact) mass is 286 g/mol. The number of carbonyl (C=O) groups is 1. The van der Waals surface area contributed by atoms with Crippen molar-refractivity contribution >= 4 is 22.9 Å². The predicted octanol–water partition coefficient (Wildman–Crippen LogP) is 3.38. The Hall–Kier alpha value is -1.81. The largest absolute Gasteiger partial charge is 0.398 e. The van der Waals surface area contributed by atoms with Gasteiger partial charge in [0.2, 0.25) is 5.91 Å². The van der Waals surface area contributed by atoms with E-state index in [2.05, 4.69) is 16.8 Å². The van der Waals surface area contributed by atoms with Crippen LogP contribution in [0.25, 0.3) is 11.1 Å². The molecule has 0 bridgehead atoms. The average molecular weight is 286 g/mol. The van der Waals surface area contributed by atoms with Crippen LogP contribution in [0.3, 0.4) is 0 Å². The van der Waals surface area contributed by atoms with Gasteiger partial charge in [0.25, 0.3) is 0 Å². The molecule has 1 amide bonds. The van der Waals surface area contributed by atoms with Crippen molar-refractivity contribution in [2.24, 2.45) is 0 Å². The minimum Gasteiger partial charge on any atom is -0.398 e. The van der Waals surface area contributed by atoms with E-state index in [-0.39, 0.29) is 11.8 Å². The second-order valence-corrected chi connectivity index (χ2v) is 6.14. The van der Waals surface area contributed by atoms with E-state index in [4.69, 9.17) is 5.73 Å². The van der Waals surface area contributed by atoms with Crippen LogP contribution in [0.1, 0.15) is 31.2 Å². The number of benzene rings is 1. The molecule has 0 saturated heterocycles. The summed E-state index contributed by atoms with van der Waals surface area (Å²) < 4.78 is 0. The normalized spacial score (nSPS) is 15.8. The summed E-state index contributed by atoms with van der Waals surface area (Å²) in [5.74, 6) is -0.0652. The van der Waals surface area contributed by atoms with Crippen LogP contribution in [0.4, 0.5) is 5.69 Å². The third kappa shape index (κ3) is 2.70. The summed E-state index contributed by atoms with van der Waals surface area (Å²) in [5, 5.41) is 7.15. The molecule has 1 fully saturated rings. The Kier molecular flexibility index (Phi) is 3.49. The molecule has 1 aliphatic rings. The van der Waals surface area contributed by atoms with Crippen LogP contribution in [0, 0.1) is 0 Å². The van der Waals surface area contributed by atoms with Crippen molar-refractivity contribution in [3.05, 3.63) is 40.6 Å². The SMILES string of the molecule is CC(C(=O)NC1CC1)c1ccc(-c2ccsc2)c(N)c1. The van der Waals surface area contributed by atoms with Crippen LogP contribution in [0.2, 0.25) is 0 Å². The summed E-state index contributed by atoms with van der Waals surface area (Å²) in [4.78, 5) is 12.1. The number of rotatable bonds is 4. The van der Waals surface area contributed by atoms with E-state index in [0.29, 0.717) is 6.04 Å². The molecule has 1 unspecified atom stereocenters. The molecule has 2 aromatic rings. The lowest BCUT2D eigenvalue weighted by Gasteiger charge is -2.14. The fraction of sp³-hybridized carbons (Fsp3) is 0.312. The molecular formula is C16H18N2OS. The fourth-order valence-corrected chi connectivity index (χ4v) is 2.89. The Labute approximate surface area is 122 Å². The molecule has 1 aromatic heterocycles. The third-order valence-corrected chi connectivity index (χ3v) is 4.41. The van der Waals surface area contributed by atoms with Gasteiger partial charge in [-0.2, -0.15) is 11.3 Å². The van der Waals surface area contributed by atoms with Crippen molar-refractivity contribution in [2.45, 2.75) is 31.7 Å². The van der Waals surface area contributed by atoms with Crippen molar-refractivity contribution < 1.29 is 4.79 Å². The van der Waals surface area contributed by atoms with E-state index < -0.39 is 0 Å². The van der Waals surface area contributed by atoms with Crippen LogP contribution < -0.4 is 11.1 Å². The highest BCUT2D eigenvalue weighted by Crippen LogP contribution is 2.31. The summed E-state index contributed by atoms with van der Waals surface area (Å²) in [6, 6.07) is 8.38. The summed E-state index contributed by atoms with van der Waals surface area (Å²) >= 11 is 1.65. The van der Waals surface area contributed by atoms with E-state index in [1.165, 1.54) is 0 Å². The van der Waals surface area contributed by atoms with Crippen LogP contribution in [-0.2, 0) is 4.79 Å². The van der Waals surface area contributed by atoms with Gasteiger partial charge in [0.05, 0.1) is 5.92 Å². The van der Waals surface area contributed by atoms with Crippen molar-refractivity contribution in [3.63, 3.8) is 0 Å². The van der Waals surface area contributed by atoms with Crippen LogP contribution in [0.15, 0.2) is 35.0 Å². The van der Waals surface area contributed by atoms with Crippen molar-refractivity contribution in [3.8, 4) is 11.1 Å². The highest BCUT2D eigenvalue weighted by molar-refractivity contribution is 7.08. The standard InChI is InChI=1S/C16H18N2OS/c1-10(16(19)18-13-3-4-13)11-2-5-14(15(17)8-11)12-6-7-20-9-12/h2,5-10,13H,3-4,17H2,1H3,(H,18,19). The maximum atomic E-state index is 12.1. The highest BCUT2D eigenvalue weighted by atomic mass is 32.1. The van der Waals surface area contributed by atoms with Gasteiger partial charge in [0, 0.05) is 17.3 Å². The van der Waals surface area contributed by atoms with Crippen molar-refractivity contribution in [1.29, 1.82) is 0 Å². The summed E-state index contributed by atoms with van der Waals surface area (Å²) in [6.45, 7) is 1.93. The second kappa shape index (κ2) is 5.29. The number of nitrogens with one attached hydrogen (secondary N) is 1. The first-order chi connectivity index (χ1) is 9.65. The molecule has 3 rings (SSSR count). The molecule has 20 heavy (non-hydrogen) atoms. The Morgan fingerprint density at radius 2 is 2.20 bits per heavy atom. The van der Waals surface area contributed by atoms with E-state index in [0.717, 1.165) is 35.2 Å². The maximum Gasteiger partial charge on any atom is 0.227 e. The second-order valence-electron chi connectivity index (χ2n) is 5.36. The number of nitrogens with two attached hydrogens (primary N) is 1. The Bertz CT molecular complexity index is 617. The minimum atomic E-state index is -0.158. The number of anilines is 1. The Balaban J connectivity index is 1.80. The van der Waals surface area contributed by atoms with Gasteiger partial charge in [-0.15, -0.1) is 0 Å². The summed E-state index contributed by atoms with van der Waals surface area (Å²) in [6.07, 6.45) is 2.22. The molecule has 1 atom stereocenters. The zero-order valence-corrected chi connectivity index (χ0v) is 12.2. The quantitative estimate of drug-likeness (QED) is 0.847. The number of nitrogen functional groups attached to an aromatic ring is 1. The van der Waals surface area contributed by atoms with Gasteiger partial charge in [-0.3, -0.25) is 4.79 Å². The fourth-order valence-electron chi connectivity index (χ4n) is 2.24. The minimum absolute atomic E-state index is 0.0928. The van der Waals surface area contributed by atoms with E-state index in [1.807, 2.05) is 30.5 Å². The Morgan fingerprint density at radius 3 is 2.80 bits per heavy atom. The number of carbonyl (C=O) groups excluding carboxylic acids is 1. The average Bonchev–Trinajstić information content (AvgIpc) is 3.08. The van der Waals surface area contributed by atoms with Crippen LogP contribution in [0.5, 0.6) is 0 Å². The van der Waals surface area contributed by atoms with Gasteiger partial charge in [-0.1, -0.05) is 12.1 Å². The van der Waals surface area contributed by atoms with Gasteiger partial charge in [-0.25, -0.2) is 0 Å². The molecule has 1 heterocycles. The molecule has 4 heteroatoms. The molecule has 1 saturated carbocycles. The van der Waals surface area contributed by atoms with Gasteiger partial charge in [0.1, 0.15) is 0 Å². The molecule has 1 aromatic carbocycles. The summed E-state index contributed by atoms with van der Waals surface area (Å²) in [7, 11) is 0. The zero-order valence-electron chi connectivity index (χ0n) is 11.4. The predicted molar refractivity (Wildman–Crippen MR) is 83.7 cm³/mol. The molecule has 104 valence electrons. The maximum absolute atomic E-state index is 12.1. The molecule has 1 aliphatic carbocycles. The molecular weight excluding hydrogens is 268 g/mol. The number of hydrogen-bond donors (Lipinski definition) is 2. The highest BCUT2D eigenvalue weighted by Gasteiger charge is 2.26. The van der Waals surface area contributed by atoms with E-state index >= 15 is 0 Å². The summed E-state index contributed by atoms with van der Waals surface area (Å²) in [5.41, 5.74) is 10.0. The van der Waals surface area contributed by atoms with Gasteiger partial charge in [-0.05, 0) is 53.8 Å². The van der Waals surface area contributed by atoms with Gasteiger partial charge >= 0.3 is 0 Å².